The predicted octanol–water partition coefficient (Wildman–Crippen LogP) is 5.52. The number of hydrogen-bond acceptors (Lipinski definition) is 6. The van der Waals surface area contributed by atoms with Crippen LogP contribution in [0.5, 0.6) is 0 Å². The van der Waals surface area contributed by atoms with Gasteiger partial charge in [-0.15, -0.1) is 0 Å². The van der Waals surface area contributed by atoms with E-state index in [1.54, 1.807) is 30.3 Å². The lowest BCUT2D eigenvalue weighted by Gasteiger charge is -2.16. The number of anilines is 3. The van der Waals surface area contributed by atoms with Gasteiger partial charge in [-0.1, -0.05) is 61.8 Å². The molecule has 1 aliphatic rings. The van der Waals surface area contributed by atoms with Crippen molar-refractivity contribution in [1.29, 1.82) is 0 Å². The molecule has 0 fully saturated rings. The van der Waals surface area contributed by atoms with Crippen molar-refractivity contribution in [2.45, 2.75) is 33.1 Å². The normalized spacial score (nSPS) is 13.2. The molecule has 3 aromatic rings. The number of ether oxygens (including phenoxy) is 1. The highest BCUT2D eigenvalue weighted by Crippen LogP contribution is 2.31. The third-order valence-electron chi connectivity index (χ3n) is 6.33. The second-order valence-corrected chi connectivity index (χ2v) is 9.80. The van der Waals surface area contributed by atoms with Crippen LogP contribution in [0.1, 0.15) is 46.8 Å². The summed E-state index contributed by atoms with van der Waals surface area (Å²) in [6, 6.07) is 18.8. The van der Waals surface area contributed by atoms with Gasteiger partial charge in [-0.25, -0.2) is 9.69 Å². The molecule has 0 saturated carbocycles. The standard InChI is InChI=1S/C30H28ClN3O5/c1-17(2)23-10-5-7-18(3)26(23)33-24(35)15-19-11-13-21(14-12-19)32-27-25(31)28(36)34(29(27)37)22-9-6-8-20(16-22)30(38)39-4/h5-14,16-17,32H,15H2,1-4H3,(H,33,35). The van der Waals surface area contributed by atoms with Gasteiger partial charge in [-0.2, -0.15) is 0 Å². The molecule has 8 nitrogen and oxygen atoms in total. The van der Waals surface area contributed by atoms with Gasteiger partial charge in [0.2, 0.25) is 5.91 Å². The molecule has 0 aliphatic carbocycles. The molecule has 39 heavy (non-hydrogen) atoms. The van der Waals surface area contributed by atoms with Crippen LogP contribution in [0.3, 0.4) is 0 Å². The molecular formula is C30H28ClN3O5. The van der Waals surface area contributed by atoms with Gasteiger partial charge in [-0.05, 0) is 59.9 Å². The van der Waals surface area contributed by atoms with E-state index in [1.165, 1.54) is 25.3 Å². The maximum atomic E-state index is 13.1. The van der Waals surface area contributed by atoms with Crippen molar-refractivity contribution in [3.8, 4) is 0 Å². The number of carbonyl (C=O) groups excluding carboxylic acids is 4. The van der Waals surface area contributed by atoms with Crippen LogP contribution in [0.15, 0.2) is 77.5 Å². The summed E-state index contributed by atoms with van der Waals surface area (Å²) in [4.78, 5) is 51.4. The van der Waals surface area contributed by atoms with Crippen LogP contribution in [0.25, 0.3) is 0 Å². The molecule has 0 atom stereocenters. The Morgan fingerprint density at radius 2 is 1.67 bits per heavy atom. The van der Waals surface area contributed by atoms with Crippen LogP contribution < -0.4 is 15.5 Å². The number of nitrogens with zero attached hydrogens (tertiary/aromatic N) is 1. The number of hydrogen-bond donors (Lipinski definition) is 2. The zero-order valence-electron chi connectivity index (χ0n) is 22.0. The lowest BCUT2D eigenvalue weighted by atomic mass is 9.98. The number of methoxy groups -OCH3 is 1. The largest absolute Gasteiger partial charge is 0.465 e. The Kier molecular flexibility index (Phi) is 8.16. The molecule has 1 heterocycles. The second kappa shape index (κ2) is 11.5. The maximum Gasteiger partial charge on any atom is 0.337 e. The lowest BCUT2D eigenvalue weighted by Crippen LogP contribution is -2.32. The minimum absolute atomic E-state index is 0.0867. The molecule has 3 amide bonds. The first-order chi connectivity index (χ1) is 18.6. The molecule has 0 unspecified atom stereocenters. The monoisotopic (exact) mass is 545 g/mol. The highest BCUT2D eigenvalue weighted by molar-refractivity contribution is 6.53. The molecule has 0 radical (unpaired) electrons. The van der Waals surface area contributed by atoms with Crippen LogP contribution in [0.4, 0.5) is 17.1 Å². The lowest BCUT2D eigenvalue weighted by molar-refractivity contribution is -0.120. The van der Waals surface area contributed by atoms with E-state index in [9.17, 15) is 19.2 Å². The summed E-state index contributed by atoms with van der Waals surface area (Å²) in [5.41, 5.74) is 4.50. The number of imide groups is 1. The van der Waals surface area contributed by atoms with E-state index in [-0.39, 0.29) is 40.2 Å². The Balaban J connectivity index is 1.45. The summed E-state index contributed by atoms with van der Waals surface area (Å²) < 4.78 is 4.71. The van der Waals surface area contributed by atoms with Crippen molar-refractivity contribution in [3.05, 3.63) is 99.7 Å². The Morgan fingerprint density at radius 1 is 0.974 bits per heavy atom. The summed E-state index contributed by atoms with van der Waals surface area (Å²) >= 11 is 6.23. The molecule has 2 N–H and O–H groups in total. The SMILES string of the molecule is COC(=O)c1cccc(N2C(=O)C(Cl)=C(Nc3ccc(CC(=O)Nc4c(C)cccc4C(C)C)cc3)C2=O)c1. The fourth-order valence-electron chi connectivity index (χ4n) is 4.30. The molecule has 0 aromatic heterocycles. The van der Waals surface area contributed by atoms with Gasteiger partial charge in [0, 0.05) is 11.4 Å². The topological polar surface area (TPSA) is 105 Å². The highest BCUT2D eigenvalue weighted by Gasteiger charge is 2.39. The van der Waals surface area contributed by atoms with Crippen LogP contribution in [-0.2, 0) is 25.5 Å². The van der Waals surface area contributed by atoms with E-state index in [0.29, 0.717) is 5.69 Å². The van der Waals surface area contributed by atoms with E-state index in [2.05, 4.69) is 24.5 Å². The molecule has 0 bridgehead atoms. The quantitative estimate of drug-likeness (QED) is 0.285. The number of rotatable bonds is 8. The summed E-state index contributed by atoms with van der Waals surface area (Å²) in [5.74, 6) is -1.84. The van der Waals surface area contributed by atoms with Gasteiger partial charge in [0.1, 0.15) is 10.7 Å². The molecule has 0 spiro atoms. The molecule has 0 saturated heterocycles. The van der Waals surface area contributed by atoms with Crippen LogP contribution >= 0.6 is 11.6 Å². The van der Waals surface area contributed by atoms with Crippen LogP contribution in [-0.4, -0.2) is 30.8 Å². The number of carbonyl (C=O) groups is 4. The average molecular weight is 546 g/mol. The maximum absolute atomic E-state index is 13.1. The third kappa shape index (κ3) is 5.86. The number of amides is 3. The number of nitrogens with one attached hydrogen (secondary N) is 2. The van der Waals surface area contributed by atoms with E-state index in [0.717, 1.165) is 27.3 Å². The summed E-state index contributed by atoms with van der Waals surface area (Å²) in [7, 11) is 1.24. The highest BCUT2D eigenvalue weighted by atomic mass is 35.5. The van der Waals surface area contributed by atoms with Crippen LogP contribution in [0.2, 0.25) is 0 Å². The Hall–Kier alpha value is -4.43. The van der Waals surface area contributed by atoms with E-state index in [1.807, 2.05) is 25.1 Å². The molecule has 3 aromatic carbocycles. The summed E-state index contributed by atoms with van der Waals surface area (Å²) in [5, 5.41) is 5.68. The molecular weight excluding hydrogens is 518 g/mol. The van der Waals surface area contributed by atoms with E-state index < -0.39 is 17.8 Å². The van der Waals surface area contributed by atoms with Crippen molar-refractivity contribution in [2.75, 3.05) is 22.6 Å². The molecule has 1 aliphatic heterocycles. The molecule has 9 heteroatoms. The minimum Gasteiger partial charge on any atom is -0.465 e. The van der Waals surface area contributed by atoms with Gasteiger partial charge in [-0.3, -0.25) is 14.4 Å². The number of benzene rings is 3. The van der Waals surface area contributed by atoms with Crippen molar-refractivity contribution >= 4 is 52.4 Å². The predicted molar refractivity (Wildman–Crippen MR) is 151 cm³/mol. The van der Waals surface area contributed by atoms with Gasteiger partial charge in [0.15, 0.2) is 0 Å². The first-order valence-corrected chi connectivity index (χ1v) is 12.7. The average Bonchev–Trinajstić information content (AvgIpc) is 3.13. The Bertz CT molecular complexity index is 1490. The van der Waals surface area contributed by atoms with Crippen molar-refractivity contribution in [1.82, 2.24) is 0 Å². The summed E-state index contributed by atoms with van der Waals surface area (Å²) in [6.07, 6.45) is 0.164. The first-order valence-electron chi connectivity index (χ1n) is 12.3. The second-order valence-electron chi connectivity index (χ2n) is 9.42. The van der Waals surface area contributed by atoms with Crippen molar-refractivity contribution in [2.24, 2.45) is 0 Å². The van der Waals surface area contributed by atoms with Crippen LogP contribution in [0, 0.1) is 6.92 Å². The number of para-hydroxylation sites is 1. The zero-order valence-corrected chi connectivity index (χ0v) is 22.8. The van der Waals surface area contributed by atoms with Crippen molar-refractivity contribution < 1.29 is 23.9 Å². The van der Waals surface area contributed by atoms with Gasteiger partial charge in [0.25, 0.3) is 11.8 Å². The Labute approximate surface area is 231 Å². The molecule has 200 valence electrons. The zero-order chi connectivity index (χ0) is 28.3. The van der Waals surface area contributed by atoms with Gasteiger partial charge in [0.05, 0.1) is 24.8 Å². The summed E-state index contributed by atoms with van der Waals surface area (Å²) in [6.45, 7) is 6.13. The fraction of sp³-hybridized carbons (Fsp3) is 0.200. The Morgan fingerprint density at radius 3 is 2.33 bits per heavy atom. The fourth-order valence-corrected chi connectivity index (χ4v) is 4.51. The molecule has 4 rings (SSSR count). The van der Waals surface area contributed by atoms with Crippen molar-refractivity contribution in [3.63, 3.8) is 0 Å². The number of aryl methyl sites for hydroxylation is 1. The van der Waals surface area contributed by atoms with Gasteiger partial charge < -0.3 is 15.4 Å². The van der Waals surface area contributed by atoms with E-state index in [4.69, 9.17) is 16.3 Å². The smallest absolute Gasteiger partial charge is 0.337 e. The number of halogens is 1. The van der Waals surface area contributed by atoms with Gasteiger partial charge >= 0.3 is 5.97 Å². The van der Waals surface area contributed by atoms with E-state index >= 15 is 0 Å². The number of esters is 1. The first kappa shape index (κ1) is 27.6. The minimum atomic E-state index is -0.712. The third-order valence-corrected chi connectivity index (χ3v) is 6.68.